The van der Waals surface area contributed by atoms with Gasteiger partial charge in [-0.25, -0.2) is 4.39 Å². The van der Waals surface area contributed by atoms with E-state index in [0.717, 1.165) is 0 Å². The molecule has 0 aliphatic heterocycles. The van der Waals surface area contributed by atoms with Crippen LogP contribution in [0.2, 0.25) is 0 Å². The maximum Gasteiger partial charge on any atom is 0.405 e. The Morgan fingerprint density at radius 3 is 2.33 bits per heavy atom. The Kier molecular flexibility index (Phi) is 7.77. The molecule has 7 nitrogen and oxygen atoms in total. The summed E-state index contributed by atoms with van der Waals surface area (Å²) >= 11 is 0. The van der Waals surface area contributed by atoms with Gasteiger partial charge in [-0.1, -0.05) is 48.5 Å². The maximum atomic E-state index is 13.6. The van der Waals surface area contributed by atoms with E-state index in [1.807, 2.05) is 0 Å². The first kappa shape index (κ1) is 28.5. The van der Waals surface area contributed by atoms with E-state index in [9.17, 15) is 32.3 Å². The van der Waals surface area contributed by atoms with Crippen LogP contribution in [0.15, 0.2) is 89.3 Å². The monoisotopic (exact) mass is 577 g/mol. The van der Waals surface area contributed by atoms with E-state index in [0.29, 0.717) is 16.7 Å². The fourth-order valence-electron chi connectivity index (χ4n) is 4.50. The van der Waals surface area contributed by atoms with Crippen LogP contribution in [0.5, 0.6) is 0 Å². The van der Waals surface area contributed by atoms with Crippen molar-refractivity contribution in [3.63, 3.8) is 0 Å². The van der Waals surface area contributed by atoms with Crippen LogP contribution in [0.3, 0.4) is 0 Å². The SMILES string of the molecule is CNC(=O)c1c(-c2ccc(F)cc2)oc2nc(NCC(F)(F)F)c(-c3cccc(C(=O)C(O)c4ccccc4)c3)cc12. The second-order valence-electron chi connectivity index (χ2n) is 9.36. The number of carbonyl (C=O) groups excluding carboxylic acids is 2. The van der Waals surface area contributed by atoms with Gasteiger partial charge in [0.25, 0.3) is 5.91 Å². The maximum absolute atomic E-state index is 13.6. The summed E-state index contributed by atoms with van der Waals surface area (Å²) in [4.78, 5) is 30.4. The molecule has 0 radical (unpaired) electrons. The predicted octanol–water partition coefficient (Wildman–Crippen LogP) is 6.55. The molecule has 214 valence electrons. The number of aliphatic hydroxyl groups is 1. The summed E-state index contributed by atoms with van der Waals surface area (Å²) in [7, 11) is 1.40. The van der Waals surface area contributed by atoms with E-state index in [1.165, 1.54) is 55.6 Å². The smallest absolute Gasteiger partial charge is 0.405 e. The Balaban J connectivity index is 1.67. The number of rotatable bonds is 8. The summed E-state index contributed by atoms with van der Waals surface area (Å²) in [5, 5.41) is 15.6. The third-order valence-electron chi connectivity index (χ3n) is 6.52. The fourth-order valence-corrected chi connectivity index (χ4v) is 4.50. The molecule has 3 aromatic carbocycles. The highest BCUT2D eigenvalue weighted by Gasteiger charge is 2.29. The lowest BCUT2D eigenvalue weighted by Gasteiger charge is -2.15. The zero-order chi connectivity index (χ0) is 30.0. The van der Waals surface area contributed by atoms with Gasteiger partial charge in [0, 0.05) is 23.7 Å². The Hall–Kier alpha value is -5.03. The van der Waals surface area contributed by atoms with Crippen LogP contribution in [0.25, 0.3) is 33.6 Å². The standard InChI is InChI=1S/C31H23F4N3O4/c1-36-29(41)24-23-15-22(19-8-5-9-20(14-19)26(40)25(39)17-6-3-2-4-7-17)28(37-16-31(33,34)35)38-30(23)42-27(24)18-10-12-21(32)13-11-18/h2-15,25,39H,16H2,1H3,(H,36,41)(H,37,38). The molecule has 1 atom stereocenters. The first-order valence-corrected chi connectivity index (χ1v) is 12.7. The highest BCUT2D eigenvalue weighted by Crippen LogP contribution is 2.38. The topological polar surface area (TPSA) is 104 Å². The minimum Gasteiger partial charge on any atom is -0.437 e. The molecule has 5 aromatic rings. The van der Waals surface area contributed by atoms with E-state index in [1.54, 1.807) is 36.4 Å². The number of hydrogen-bond acceptors (Lipinski definition) is 6. The number of amides is 1. The summed E-state index contributed by atoms with van der Waals surface area (Å²) in [6.45, 7) is -1.42. The number of anilines is 1. The minimum absolute atomic E-state index is 0.0435. The highest BCUT2D eigenvalue weighted by molar-refractivity contribution is 6.11. The molecule has 42 heavy (non-hydrogen) atoms. The van der Waals surface area contributed by atoms with E-state index in [2.05, 4.69) is 15.6 Å². The molecule has 5 rings (SSSR count). The average Bonchev–Trinajstić information content (AvgIpc) is 3.37. The van der Waals surface area contributed by atoms with Crippen molar-refractivity contribution in [2.24, 2.45) is 0 Å². The highest BCUT2D eigenvalue weighted by atomic mass is 19.4. The molecule has 2 aromatic heterocycles. The Bertz CT molecular complexity index is 1770. The Labute approximate surface area is 236 Å². The predicted molar refractivity (Wildman–Crippen MR) is 149 cm³/mol. The zero-order valence-electron chi connectivity index (χ0n) is 22.0. The molecule has 0 aliphatic carbocycles. The summed E-state index contributed by atoms with van der Waals surface area (Å²) in [6.07, 6.45) is -6.04. The number of hydrogen-bond donors (Lipinski definition) is 3. The van der Waals surface area contributed by atoms with Crippen molar-refractivity contribution in [3.8, 4) is 22.5 Å². The molecule has 11 heteroatoms. The van der Waals surface area contributed by atoms with Crippen molar-refractivity contribution in [1.82, 2.24) is 10.3 Å². The van der Waals surface area contributed by atoms with Crippen LogP contribution in [0, 0.1) is 5.82 Å². The van der Waals surface area contributed by atoms with Crippen molar-refractivity contribution in [2.45, 2.75) is 12.3 Å². The number of aromatic nitrogens is 1. The van der Waals surface area contributed by atoms with Crippen LogP contribution in [-0.4, -0.2) is 41.5 Å². The molecule has 2 heterocycles. The van der Waals surface area contributed by atoms with Gasteiger partial charge >= 0.3 is 6.18 Å². The number of alkyl halides is 3. The first-order valence-electron chi connectivity index (χ1n) is 12.7. The lowest BCUT2D eigenvalue weighted by molar-refractivity contribution is -0.115. The van der Waals surface area contributed by atoms with Crippen LogP contribution in [-0.2, 0) is 0 Å². The number of carbonyl (C=O) groups is 2. The van der Waals surface area contributed by atoms with Gasteiger partial charge in [-0.05, 0) is 47.5 Å². The van der Waals surface area contributed by atoms with Crippen molar-refractivity contribution < 1.29 is 36.7 Å². The number of Topliss-reactive ketones (excluding diaryl/α,β-unsaturated/α-hetero) is 1. The number of benzene rings is 3. The zero-order valence-corrected chi connectivity index (χ0v) is 22.0. The van der Waals surface area contributed by atoms with Crippen molar-refractivity contribution >= 4 is 28.6 Å². The third-order valence-corrected chi connectivity index (χ3v) is 6.52. The van der Waals surface area contributed by atoms with Gasteiger partial charge in [-0.3, -0.25) is 9.59 Å². The Morgan fingerprint density at radius 2 is 1.67 bits per heavy atom. The van der Waals surface area contributed by atoms with Crippen LogP contribution in [0.1, 0.15) is 32.4 Å². The lowest BCUT2D eigenvalue weighted by Crippen LogP contribution is -2.22. The number of fused-ring (bicyclic) bond motifs is 1. The van der Waals surface area contributed by atoms with E-state index >= 15 is 0 Å². The summed E-state index contributed by atoms with van der Waals surface area (Å²) in [5.74, 6) is -1.86. The molecule has 1 unspecified atom stereocenters. The molecule has 0 saturated heterocycles. The van der Waals surface area contributed by atoms with Crippen LogP contribution in [0.4, 0.5) is 23.4 Å². The summed E-state index contributed by atoms with van der Waals surface area (Å²) < 4.78 is 59.1. The number of nitrogens with zero attached hydrogens (tertiary/aromatic N) is 1. The van der Waals surface area contributed by atoms with Gasteiger partial charge in [0.15, 0.2) is 5.78 Å². The molecule has 0 saturated carbocycles. The number of aliphatic hydroxyl groups excluding tert-OH is 1. The number of ketones is 1. The quantitative estimate of drug-likeness (QED) is 0.143. The normalized spacial score (nSPS) is 12.2. The molecule has 0 fully saturated rings. The van der Waals surface area contributed by atoms with Crippen molar-refractivity contribution in [3.05, 3.63) is 107 Å². The van der Waals surface area contributed by atoms with Gasteiger partial charge in [-0.2, -0.15) is 18.2 Å². The number of nitrogens with one attached hydrogen (secondary N) is 2. The number of pyridine rings is 1. The first-order chi connectivity index (χ1) is 20.1. The fraction of sp³-hybridized carbons (Fsp3) is 0.129. The van der Waals surface area contributed by atoms with E-state index in [-0.39, 0.29) is 39.4 Å². The summed E-state index contributed by atoms with van der Waals surface area (Å²) in [5.41, 5.74) is 1.19. The second-order valence-corrected chi connectivity index (χ2v) is 9.36. The molecule has 0 spiro atoms. The van der Waals surface area contributed by atoms with E-state index < -0.39 is 36.3 Å². The molecular weight excluding hydrogens is 554 g/mol. The molecule has 3 N–H and O–H groups in total. The molecule has 1 amide bonds. The molecule has 0 aliphatic rings. The average molecular weight is 578 g/mol. The van der Waals surface area contributed by atoms with Crippen molar-refractivity contribution in [2.75, 3.05) is 18.9 Å². The third kappa shape index (κ3) is 5.86. The Morgan fingerprint density at radius 1 is 0.952 bits per heavy atom. The van der Waals surface area contributed by atoms with Crippen molar-refractivity contribution in [1.29, 1.82) is 0 Å². The van der Waals surface area contributed by atoms with Crippen LogP contribution >= 0.6 is 0 Å². The molecular formula is C31H23F4N3O4. The van der Waals surface area contributed by atoms with E-state index in [4.69, 9.17) is 4.42 Å². The largest absolute Gasteiger partial charge is 0.437 e. The van der Waals surface area contributed by atoms with Gasteiger partial charge in [-0.15, -0.1) is 0 Å². The van der Waals surface area contributed by atoms with Crippen LogP contribution < -0.4 is 10.6 Å². The summed E-state index contributed by atoms with van der Waals surface area (Å²) in [6, 6.07) is 20.9. The number of halogens is 4. The molecule has 0 bridgehead atoms. The minimum atomic E-state index is -4.58. The van der Waals surface area contributed by atoms with Gasteiger partial charge < -0.3 is 20.2 Å². The van der Waals surface area contributed by atoms with Gasteiger partial charge in [0.05, 0.1) is 10.9 Å². The van der Waals surface area contributed by atoms with Gasteiger partial charge in [0.1, 0.15) is 30.0 Å². The van der Waals surface area contributed by atoms with Gasteiger partial charge in [0.2, 0.25) is 5.71 Å². The number of furan rings is 1. The second kappa shape index (κ2) is 11.5. The lowest BCUT2D eigenvalue weighted by atomic mass is 9.96.